The first-order chi connectivity index (χ1) is 15.5. The lowest BCUT2D eigenvalue weighted by Crippen LogP contribution is -2.29. The van der Waals surface area contributed by atoms with Gasteiger partial charge in [-0.3, -0.25) is 14.5 Å². The summed E-state index contributed by atoms with van der Waals surface area (Å²) in [7, 11) is 6.21. The SMILES string of the molecule is COc1cccc(-c2ccc(CN3C(=O)c4ccccc4C3=O)c(OC)c2OC)c1OC. The molecule has 0 N–H and O–H groups in total. The number of hydrogen-bond donors (Lipinski definition) is 0. The molecule has 4 rings (SSSR count). The molecular weight excluding hydrogens is 410 g/mol. The number of amides is 2. The maximum Gasteiger partial charge on any atom is 0.261 e. The van der Waals surface area contributed by atoms with Crippen molar-refractivity contribution in [3.05, 3.63) is 71.3 Å². The summed E-state index contributed by atoms with van der Waals surface area (Å²) in [5.41, 5.74) is 2.94. The van der Waals surface area contributed by atoms with Gasteiger partial charge in [-0.1, -0.05) is 30.3 Å². The standard InChI is InChI=1S/C25H23NO6/c1-29-20-11-7-10-16(22(20)31-3)17-13-12-15(21(30-2)23(17)32-4)14-26-24(27)18-8-5-6-9-19(18)25(26)28/h5-13H,14H2,1-4H3. The fourth-order valence-corrected chi connectivity index (χ4v) is 4.02. The van der Waals surface area contributed by atoms with Crippen LogP contribution in [-0.2, 0) is 6.54 Å². The lowest BCUT2D eigenvalue weighted by atomic mass is 9.99. The Morgan fingerprint density at radius 2 is 1.16 bits per heavy atom. The van der Waals surface area contributed by atoms with Crippen LogP contribution in [0.1, 0.15) is 26.3 Å². The van der Waals surface area contributed by atoms with Gasteiger partial charge in [-0.25, -0.2) is 0 Å². The molecule has 7 heteroatoms. The van der Waals surface area contributed by atoms with Gasteiger partial charge >= 0.3 is 0 Å². The summed E-state index contributed by atoms with van der Waals surface area (Å²) in [5.74, 6) is 1.39. The first-order valence-electron chi connectivity index (χ1n) is 9.96. The molecule has 32 heavy (non-hydrogen) atoms. The average molecular weight is 433 g/mol. The summed E-state index contributed by atoms with van der Waals surface area (Å²) in [4.78, 5) is 26.8. The van der Waals surface area contributed by atoms with E-state index in [0.29, 0.717) is 39.7 Å². The number of ether oxygens (including phenoxy) is 4. The van der Waals surface area contributed by atoms with Crippen LogP contribution < -0.4 is 18.9 Å². The zero-order chi connectivity index (χ0) is 22.8. The van der Waals surface area contributed by atoms with Crippen LogP contribution in [-0.4, -0.2) is 45.2 Å². The predicted octanol–water partition coefficient (Wildman–Crippen LogP) is 4.18. The van der Waals surface area contributed by atoms with Gasteiger partial charge in [-0.2, -0.15) is 0 Å². The fourth-order valence-electron chi connectivity index (χ4n) is 4.02. The van der Waals surface area contributed by atoms with E-state index in [-0.39, 0.29) is 18.4 Å². The van der Waals surface area contributed by atoms with Gasteiger partial charge in [0.05, 0.1) is 46.1 Å². The minimum atomic E-state index is -0.329. The van der Waals surface area contributed by atoms with Crippen molar-refractivity contribution >= 4 is 11.8 Å². The Morgan fingerprint density at radius 3 is 1.72 bits per heavy atom. The van der Waals surface area contributed by atoms with Crippen LogP contribution in [0.25, 0.3) is 11.1 Å². The third-order valence-electron chi connectivity index (χ3n) is 5.50. The molecule has 7 nitrogen and oxygen atoms in total. The molecule has 0 atom stereocenters. The third kappa shape index (κ3) is 3.32. The molecule has 0 bridgehead atoms. The van der Waals surface area contributed by atoms with Crippen LogP contribution in [0.4, 0.5) is 0 Å². The lowest BCUT2D eigenvalue weighted by molar-refractivity contribution is 0.0641. The molecule has 1 aliphatic rings. The van der Waals surface area contributed by atoms with Gasteiger partial charge in [-0.05, 0) is 24.3 Å². The minimum Gasteiger partial charge on any atom is -0.493 e. The number of rotatable bonds is 7. The van der Waals surface area contributed by atoms with Crippen LogP contribution in [0.15, 0.2) is 54.6 Å². The molecule has 164 valence electrons. The first kappa shape index (κ1) is 21.2. The Hall–Kier alpha value is -4.00. The van der Waals surface area contributed by atoms with E-state index in [1.807, 2.05) is 30.3 Å². The number of hydrogen-bond acceptors (Lipinski definition) is 6. The Labute approximate surface area is 186 Å². The molecule has 0 saturated heterocycles. The minimum absolute atomic E-state index is 0.0570. The molecule has 3 aromatic carbocycles. The molecule has 0 saturated carbocycles. The van der Waals surface area contributed by atoms with Crippen molar-refractivity contribution in [3.8, 4) is 34.1 Å². The molecule has 0 aliphatic carbocycles. The Balaban J connectivity index is 1.78. The van der Waals surface area contributed by atoms with Gasteiger partial charge in [0.15, 0.2) is 23.0 Å². The van der Waals surface area contributed by atoms with Crippen molar-refractivity contribution in [1.29, 1.82) is 0 Å². The highest BCUT2D eigenvalue weighted by atomic mass is 16.5. The maximum atomic E-state index is 12.8. The smallest absolute Gasteiger partial charge is 0.261 e. The van der Waals surface area contributed by atoms with Crippen LogP contribution in [0.2, 0.25) is 0 Å². The van der Waals surface area contributed by atoms with E-state index < -0.39 is 0 Å². The Kier molecular flexibility index (Phi) is 5.73. The average Bonchev–Trinajstić information content (AvgIpc) is 3.07. The van der Waals surface area contributed by atoms with E-state index in [0.717, 1.165) is 11.1 Å². The van der Waals surface area contributed by atoms with Gasteiger partial charge < -0.3 is 18.9 Å². The third-order valence-corrected chi connectivity index (χ3v) is 5.50. The second-order valence-corrected chi connectivity index (χ2v) is 7.12. The van der Waals surface area contributed by atoms with E-state index in [1.54, 1.807) is 45.6 Å². The summed E-state index contributed by atoms with van der Waals surface area (Å²) < 4.78 is 22.4. The van der Waals surface area contributed by atoms with Crippen molar-refractivity contribution in [2.45, 2.75) is 6.54 Å². The highest BCUT2D eigenvalue weighted by Gasteiger charge is 2.36. The number of carbonyl (C=O) groups excluding carboxylic acids is 2. The molecule has 2 amide bonds. The number of methoxy groups -OCH3 is 4. The van der Waals surface area contributed by atoms with E-state index in [1.165, 1.54) is 12.0 Å². The summed E-state index contributed by atoms with van der Waals surface area (Å²) in [6, 6.07) is 16.0. The molecular formula is C25H23NO6. The normalized spacial score (nSPS) is 12.6. The van der Waals surface area contributed by atoms with Crippen molar-refractivity contribution < 1.29 is 28.5 Å². The second kappa shape index (κ2) is 8.63. The van der Waals surface area contributed by atoms with Gasteiger partial charge in [0.1, 0.15) is 0 Å². The quantitative estimate of drug-likeness (QED) is 0.521. The Bertz CT molecular complexity index is 1170. The van der Waals surface area contributed by atoms with Crippen molar-refractivity contribution in [2.75, 3.05) is 28.4 Å². The Morgan fingerprint density at radius 1 is 0.594 bits per heavy atom. The molecule has 0 aromatic heterocycles. The van der Waals surface area contributed by atoms with Crippen LogP contribution in [0, 0.1) is 0 Å². The lowest BCUT2D eigenvalue weighted by Gasteiger charge is -2.21. The largest absolute Gasteiger partial charge is 0.493 e. The van der Waals surface area contributed by atoms with Crippen LogP contribution in [0.3, 0.4) is 0 Å². The summed E-state index contributed by atoms with van der Waals surface area (Å²) in [5, 5.41) is 0. The number of nitrogens with zero attached hydrogens (tertiary/aromatic N) is 1. The molecule has 0 unspecified atom stereocenters. The van der Waals surface area contributed by atoms with Gasteiger partial charge in [0, 0.05) is 16.7 Å². The number of fused-ring (bicyclic) bond motifs is 1. The topological polar surface area (TPSA) is 74.3 Å². The monoisotopic (exact) mass is 433 g/mol. The van der Waals surface area contributed by atoms with Crippen molar-refractivity contribution in [2.24, 2.45) is 0 Å². The molecule has 0 fully saturated rings. The second-order valence-electron chi connectivity index (χ2n) is 7.12. The maximum absolute atomic E-state index is 12.8. The number of imide groups is 1. The van der Waals surface area contributed by atoms with Gasteiger partial charge in [-0.15, -0.1) is 0 Å². The molecule has 0 radical (unpaired) electrons. The van der Waals surface area contributed by atoms with E-state index >= 15 is 0 Å². The molecule has 3 aromatic rings. The van der Waals surface area contributed by atoms with Gasteiger partial charge in [0.2, 0.25) is 0 Å². The summed E-state index contributed by atoms with van der Waals surface area (Å²) in [6.45, 7) is 0.0570. The van der Waals surface area contributed by atoms with Gasteiger partial charge in [0.25, 0.3) is 11.8 Å². The molecule has 1 aliphatic heterocycles. The number of carbonyl (C=O) groups is 2. The summed E-state index contributed by atoms with van der Waals surface area (Å²) in [6.07, 6.45) is 0. The predicted molar refractivity (Wildman–Crippen MR) is 119 cm³/mol. The zero-order valence-electron chi connectivity index (χ0n) is 18.3. The van der Waals surface area contributed by atoms with E-state index in [4.69, 9.17) is 18.9 Å². The van der Waals surface area contributed by atoms with Crippen LogP contribution >= 0.6 is 0 Å². The van der Waals surface area contributed by atoms with Crippen molar-refractivity contribution in [1.82, 2.24) is 4.90 Å². The van der Waals surface area contributed by atoms with Crippen molar-refractivity contribution in [3.63, 3.8) is 0 Å². The van der Waals surface area contributed by atoms with E-state index in [9.17, 15) is 9.59 Å². The summed E-state index contributed by atoms with van der Waals surface area (Å²) >= 11 is 0. The fraction of sp³-hybridized carbons (Fsp3) is 0.200. The zero-order valence-corrected chi connectivity index (χ0v) is 18.3. The first-order valence-corrected chi connectivity index (χ1v) is 9.96. The molecule has 1 heterocycles. The van der Waals surface area contributed by atoms with E-state index in [2.05, 4.69) is 0 Å². The van der Waals surface area contributed by atoms with Crippen LogP contribution in [0.5, 0.6) is 23.0 Å². The highest BCUT2D eigenvalue weighted by Crippen LogP contribution is 2.46. The molecule has 0 spiro atoms. The number of benzene rings is 3. The highest BCUT2D eigenvalue weighted by molar-refractivity contribution is 6.21. The number of para-hydroxylation sites is 1.